The first kappa shape index (κ1) is 109. The third kappa shape index (κ3) is 33.0. The van der Waals surface area contributed by atoms with Crippen molar-refractivity contribution < 1.29 is 102 Å². The van der Waals surface area contributed by atoms with Gasteiger partial charge in [-0.05, 0) is 143 Å². The summed E-state index contributed by atoms with van der Waals surface area (Å²) in [6.07, 6.45) is -2.54. The molecule has 3 aliphatic rings. The van der Waals surface area contributed by atoms with Gasteiger partial charge < -0.3 is 116 Å². The summed E-state index contributed by atoms with van der Waals surface area (Å²) in [6, 6.07) is 20.2. The number of amides is 17. The number of nitrogens with one attached hydrogen (secondary N) is 12. The molecule has 0 spiro atoms. The second-order valence-corrected chi connectivity index (χ2v) is 36.1. The van der Waals surface area contributed by atoms with Crippen LogP contribution in [0, 0.1) is 5.92 Å². The molecule has 5 aromatic carbocycles. The number of hydrogen-bond acceptors (Lipinski definition) is 23. The largest absolute Gasteiger partial charge is 0.481 e. The summed E-state index contributed by atoms with van der Waals surface area (Å²) in [7, 11) is 2.49. The lowest BCUT2D eigenvalue weighted by Gasteiger charge is -2.33. The highest BCUT2D eigenvalue weighted by Crippen LogP contribution is 2.26. The second-order valence-electron chi connectivity index (χ2n) is 35.0. The summed E-state index contributed by atoms with van der Waals surface area (Å²) >= 11 is 0.782. The van der Waals surface area contributed by atoms with Crippen LogP contribution >= 0.6 is 11.8 Å². The van der Waals surface area contributed by atoms with Gasteiger partial charge >= 0.3 is 5.97 Å². The number of likely N-dealkylation sites (N-methyl/N-ethyl adjacent to an activating group) is 2. The smallest absolute Gasteiger partial charge is 0.303 e. The zero-order valence-electron chi connectivity index (χ0n) is 78.5. The van der Waals surface area contributed by atoms with E-state index in [2.05, 4.69) is 63.8 Å². The summed E-state index contributed by atoms with van der Waals surface area (Å²) < 4.78 is 0. The molecule has 137 heavy (non-hydrogen) atoms. The minimum atomic E-state index is -1.94. The normalized spacial score (nSPS) is 23.4. The van der Waals surface area contributed by atoms with Gasteiger partial charge in [0.15, 0.2) is 0 Å². The van der Waals surface area contributed by atoms with Gasteiger partial charge in [-0.3, -0.25) is 86.3 Å². The number of carboxylic acid groups (broad SMARTS) is 1. The lowest BCUT2D eigenvalue weighted by molar-refractivity contribution is -0.145. The number of nitrogens with zero attached hydrogens (tertiary/aromatic N) is 4. The molecule has 0 bridgehead atoms. The molecule has 0 aliphatic carbocycles. The van der Waals surface area contributed by atoms with Crippen LogP contribution in [0.3, 0.4) is 0 Å². The van der Waals surface area contributed by atoms with Crippen LogP contribution in [0.25, 0.3) is 22.3 Å². The van der Waals surface area contributed by atoms with Crippen molar-refractivity contribution in [3.63, 3.8) is 0 Å². The molecule has 17 amide bonds. The minimum absolute atomic E-state index is 0.00365. The fraction of sp³-hybridized carbons (Fsp3) is 0.500. The number of aliphatic hydroxyl groups is 2. The van der Waals surface area contributed by atoms with Crippen molar-refractivity contribution in [2.75, 3.05) is 64.9 Å². The van der Waals surface area contributed by atoms with Gasteiger partial charge in [0.1, 0.15) is 78.5 Å². The Morgan fingerprint density at radius 3 is 1.47 bits per heavy atom. The van der Waals surface area contributed by atoms with E-state index in [-0.39, 0.29) is 83.3 Å². The molecule has 21 N–H and O–H groups in total. The molecule has 742 valence electrons. The van der Waals surface area contributed by atoms with Crippen LogP contribution in [0.4, 0.5) is 0 Å². The van der Waals surface area contributed by atoms with Gasteiger partial charge in [-0.1, -0.05) is 160 Å². The average Bonchev–Trinajstić information content (AvgIpc) is 1.76. The molecule has 3 aliphatic heterocycles. The van der Waals surface area contributed by atoms with Crippen LogP contribution in [0.1, 0.15) is 135 Å². The lowest BCUT2D eigenvalue weighted by Crippen LogP contribution is -2.63. The Kier molecular flexibility index (Phi) is 42.9. The van der Waals surface area contributed by atoms with Crippen molar-refractivity contribution in [1.82, 2.24) is 83.4 Å². The molecule has 16 atom stereocenters. The molecule has 0 aromatic heterocycles. The van der Waals surface area contributed by atoms with E-state index in [1.165, 1.54) is 32.8 Å². The first-order valence-electron chi connectivity index (χ1n) is 46.2. The molecule has 0 radical (unpaired) electrons. The van der Waals surface area contributed by atoms with Gasteiger partial charge in [0.25, 0.3) is 0 Å². The van der Waals surface area contributed by atoms with E-state index in [0.29, 0.717) is 48.9 Å². The Morgan fingerprint density at radius 1 is 0.496 bits per heavy atom. The number of aliphatic hydroxyl groups excluding tert-OH is 2. The molecular formula is C96H131N19O21S. The molecular weight excluding hydrogens is 1790 g/mol. The molecule has 0 saturated carbocycles. The third-order valence-corrected chi connectivity index (χ3v) is 25.4. The number of fused-ring (bicyclic) bond motifs is 2. The van der Waals surface area contributed by atoms with Gasteiger partial charge in [-0.2, -0.15) is 0 Å². The maximum atomic E-state index is 15.3. The Hall–Kier alpha value is -13.3. The van der Waals surface area contributed by atoms with E-state index in [1.807, 2.05) is 60.7 Å². The van der Waals surface area contributed by atoms with Crippen molar-refractivity contribution in [2.24, 2.45) is 23.1 Å². The predicted octanol–water partition coefficient (Wildman–Crippen LogP) is -1.42. The van der Waals surface area contributed by atoms with Gasteiger partial charge in [-0.25, -0.2) is 0 Å². The number of hydrogen-bond donors (Lipinski definition) is 18. The fourth-order valence-corrected chi connectivity index (χ4v) is 16.8. The number of carboxylic acids is 1. The number of unbranched alkanes of at least 4 members (excludes halogenated alkanes) is 2. The Balaban J connectivity index is 1.11. The lowest BCUT2D eigenvalue weighted by atomic mass is 9.99. The molecule has 3 saturated heterocycles. The summed E-state index contributed by atoms with van der Waals surface area (Å²) in [5.74, 6) is -18.5. The molecule has 3 fully saturated rings. The Bertz CT molecular complexity index is 5000. The number of benzene rings is 5. The van der Waals surface area contributed by atoms with Gasteiger partial charge in [0.05, 0.1) is 37.1 Å². The van der Waals surface area contributed by atoms with Crippen LogP contribution in [-0.4, -0.2) is 303 Å². The van der Waals surface area contributed by atoms with E-state index in [4.69, 9.17) is 17.2 Å². The van der Waals surface area contributed by atoms with Crippen molar-refractivity contribution in [2.45, 2.75) is 235 Å². The first-order chi connectivity index (χ1) is 65.2. The topological polar surface area (TPSA) is 603 Å². The molecule has 41 heteroatoms. The van der Waals surface area contributed by atoms with Crippen LogP contribution in [-0.2, 0) is 106 Å². The predicted molar refractivity (Wildman–Crippen MR) is 508 cm³/mol. The summed E-state index contributed by atoms with van der Waals surface area (Å²) in [6.45, 7) is 7.06. The highest BCUT2D eigenvalue weighted by molar-refractivity contribution is 8.00. The molecule has 5 aromatic rings. The average molecular weight is 1920 g/mol. The molecule has 1 unspecified atom stereocenters. The number of aliphatic carboxylic acids is 1. The van der Waals surface area contributed by atoms with E-state index in [1.54, 1.807) is 92.7 Å². The highest BCUT2D eigenvalue weighted by atomic mass is 32.2. The zero-order valence-corrected chi connectivity index (χ0v) is 79.3. The van der Waals surface area contributed by atoms with E-state index in [0.717, 1.165) is 62.6 Å². The van der Waals surface area contributed by atoms with Crippen LogP contribution in [0.15, 0.2) is 140 Å². The van der Waals surface area contributed by atoms with Crippen molar-refractivity contribution in [1.29, 1.82) is 0 Å². The van der Waals surface area contributed by atoms with Gasteiger partial charge in [0, 0.05) is 65.2 Å². The number of carbonyl (C=O) groups excluding carboxylic acids is 17. The first-order valence-corrected chi connectivity index (χ1v) is 47.3. The van der Waals surface area contributed by atoms with E-state index >= 15 is 19.2 Å². The third-order valence-electron chi connectivity index (χ3n) is 24.3. The quantitative estimate of drug-likeness (QED) is 0.0244. The summed E-state index contributed by atoms with van der Waals surface area (Å²) in [4.78, 5) is 261. The van der Waals surface area contributed by atoms with Crippen LogP contribution in [0.2, 0.25) is 0 Å². The zero-order chi connectivity index (χ0) is 100. The Labute approximate surface area is 800 Å². The Morgan fingerprint density at radius 2 is 0.956 bits per heavy atom. The van der Waals surface area contributed by atoms with Crippen molar-refractivity contribution in [3.8, 4) is 22.3 Å². The van der Waals surface area contributed by atoms with E-state index in [9.17, 15) is 82.4 Å². The number of rotatable bonds is 29. The summed E-state index contributed by atoms with van der Waals surface area (Å²) in [5, 5.41) is 63.6. The monoisotopic (exact) mass is 1920 g/mol. The number of carbonyl (C=O) groups is 18. The van der Waals surface area contributed by atoms with Gasteiger partial charge in [0.2, 0.25) is 100 Å². The second kappa shape index (κ2) is 53.9. The van der Waals surface area contributed by atoms with E-state index < -0.39 is 241 Å². The minimum Gasteiger partial charge on any atom is -0.481 e. The van der Waals surface area contributed by atoms with Gasteiger partial charge in [-0.15, -0.1) is 11.8 Å². The van der Waals surface area contributed by atoms with Crippen molar-refractivity contribution >= 4 is 118 Å². The number of nitrogens with two attached hydrogens (primary N) is 3. The summed E-state index contributed by atoms with van der Waals surface area (Å²) in [5.41, 5.74) is 22.1. The standard InChI is InChI=1S/C96H131N19O21S/c1-55(2)80-96(136)115-47-23-33-75(115)91(131)110-82(59(6)117)93(133)111-81(58(5)116)92(132)107-72(50-62-36-40-66(41-37-62)64-28-16-11-17-29-64)95(135)113(8)57(4)85(125)106-71(49-61-34-38-65(39-35-61)63-26-14-10-15-27-63)94(134)112(7)56(3)84(124)105-69(42-43-79(121)122)87(127)102-52-78(120)114-46-22-32-74(114)90(130)108-73(53-137-54-77(119)104-70(89(129)109-80)48-60-24-12-9-13-25-60)88(128)101-51-76(118)103-68(83(99)123)31-19-21-45-100-86(126)67(98)30-18-20-44-97/h9-17,24-29,34-41,55-59,67-75,80-82,116-117H,18-23,30-33,42-54,97-98H2,1-8H3,(H2,99,123)(H,100,126)(H,101,128)(H,102,127)(H,103,118)(H,104,119)(H,105,124)(H,106,125)(H,107,132)(H,108,130)(H,109,129)(H,110,131)(H,111,133)(H,121,122)/t56-,57?,58+,59+,67-,68-,69-,70-,71-,72-,73-,74-,75-,80-,81-,82-/m0/s1. The highest BCUT2D eigenvalue weighted by Gasteiger charge is 2.45. The number of primary amides is 1. The molecule has 40 nitrogen and oxygen atoms in total. The fourth-order valence-electron chi connectivity index (χ4n) is 16.0. The maximum absolute atomic E-state index is 15.3. The van der Waals surface area contributed by atoms with Crippen LogP contribution < -0.4 is 81.0 Å². The maximum Gasteiger partial charge on any atom is 0.303 e. The molecule has 3 heterocycles. The molecule has 8 rings (SSSR count). The van der Waals surface area contributed by atoms with Crippen molar-refractivity contribution in [3.05, 3.63) is 156 Å². The SMILES string of the molecule is CC(C)[C@@H]1NC(=O)[C@H](Cc2ccccc2)NC(=O)CSC[C@@H](C(=O)NCC(=O)N[C@@H](CCCCNC(=O)[C@@H](N)CCCCN)C(N)=O)NC(=O)[C@@H]2CCCN2C(=O)CNC(=O)[C@H](CCC(=O)O)NC(=O)[C@H](C)N(C)C(=O)[C@H](Cc2ccc(-c3ccccc3)cc2)NC(=O)C(C)N(C)C(=O)[C@H](Cc2ccc(-c3ccccc3)cc2)NC(=O)[C@H]([C@@H](C)O)NC(=O)[C@H]([C@@H](C)O)NC(=O)[C@@H]2CCCN2C1=O. The number of thioether (sulfide) groups is 1. The van der Waals surface area contributed by atoms with Crippen LogP contribution in [0.5, 0.6) is 0 Å².